The third-order valence-corrected chi connectivity index (χ3v) is 5.80. The fraction of sp³-hybridized carbons (Fsp3) is 0.500. The third-order valence-electron chi connectivity index (χ3n) is 5.25. The molecular formula is C20H26Cl2N6O3. The molecule has 1 aromatic rings. The van der Waals surface area contributed by atoms with E-state index in [1.54, 1.807) is 21.9 Å². The molecule has 0 saturated carbocycles. The van der Waals surface area contributed by atoms with Gasteiger partial charge in [0.25, 0.3) is 0 Å². The van der Waals surface area contributed by atoms with Crippen molar-refractivity contribution in [1.29, 1.82) is 0 Å². The predicted molar refractivity (Wildman–Crippen MR) is 120 cm³/mol. The number of nitrogens with two attached hydrogens (primary N) is 1. The van der Waals surface area contributed by atoms with Gasteiger partial charge in [-0.3, -0.25) is 14.9 Å². The third kappa shape index (κ3) is 6.48. The van der Waals surface area contributed by atoms with Gasteiger partial charge in [-0.15, -0.1) is 0 Å². The van der Waals surface area contributed by atoms with Crippen molar-refractivity contribution in [1.82, 2.24) is 15.1 Å². The van der Waals surface area contributed by atoms with Crippen LogP contribution < -0.4 is 16.4 Å². The number of carbonyl (C=O) groups excluding carboxylic acids is 3. The molecule has 1 unspecified atom stereocenters. The van der Waals surface area contributed by atoms with Crippen LogP contribution in [-0.4, -0.2) is 65.8 Å². The molecule has 2 aliphatic heterocycles. The largest absolute Gasteiger partial charge is 0.351 e. The van der Waals surface area contributed by atoms with Gasteiger partial charge in [-0.05, 0) is 50.3 Å². The molecule has 0 bridgehead atoms. The van der Waals surface area contributed by atoms with E-state index in [9.17, 15) is 14.4 Å². The zero-order chi connectivity index (χ0) is 22.4. The van der Waals surface area contributed by atoms with E-state index in [0.29, 0.717) is 28.7 Å². The molecule has 11 heteroatoms. The number of anilines is 1. The Morgan fingerprint density at radius 3 is 2.52 bits per heavy atom. The van der Waals surface area contributed by atoms with E-state index < -0.39 is 12.1 Å². The molecule has 0 radical (unpaired) electrons. The summed E-state index contributed by atoms with van der Waals surface area (Å²) in [7, 11) is 0. The van der Waals surface area contributed by atoms with Crippen molar-refractivity contribution in [3.8, 4) is 0 Å². The van der Waals surface area contributed by atoms with E-state index >= 15 is 0 Å². The summed E-state index contributed by atoms with van der Waals surface area (Å²) in [5, 5.41) is 6.06. The summed E-state index contributed by atoms with van der Waals surface area (Å²) in [5.41, 5.74) is 5.72. The van der Waals surface area contributed by atoms with E-state index in [0.717, 1.165) is 38.8 Å². The lowest BCUT2D eigenvalue weighted by atomic mass is 10.1. The lowest BCUT2D eigenvalue weighted by Gasteiger charge is -2.25. The highest BCUT2D eigenvalue weighted by molar-refractivity contribution is 6.36. The lowest BCUT2D eigenvalue weighted by Crippen LogP contribution is -2.46. The predicted octanol–water partition coefficient (Wildman–Crippen LogP) is 2.43. The van der Waals surface area contributed by atoms with Crippen molar-refractivity contribution < 1.29 is 14.4 Å². The maximum Gasteiger partial charge on any atom is 0.318 e. The molecule has 0 aromatic heterocycles. The van der Waals surface area contributed by atoms with Gasteiger partial charge in [-0.25, -0.2) is 9.79 Å². The summed E-state index contributed by atoms with van der Waals surface area (Å²) in [4.78, 5) is 44.9. The molecule has 0 spiro atoms. The van der Waals surface area contributed by atoms with Gasteiger partial charge in [-0.2, -0.15) is 0 Å². The zero-order valence-electron chi connectivity index (χ0n) is 17.1. The molecule has 9 nitrogen and oxygen atoms in total. The molecule has 1 atom stereocenters. The van der Waals surface area contributed by atoms with Crippen LogP contribution in [-0.2, 0) is 9.59 Å². The monoisotopic (exact) mass is 468 g/mol. The van der Waals surface area contributed by atoms with Crippen LogP contribution in [0.15, 0.2) is 23.2 Å². The summed E-state index contributed by atoms with van der Waals surface area (Å²) in [6, 6.07) is 3.20. The summed E-state index contributed by atoms with van der Waals surface area (Å²) in [6.07, 6.45) is 4.02. The smallest absolute Gasteiger partial charge is 0.318 e. The summed E-state index contributed by atoms with van der Waals surface area (Å²) in [5.74, 6) is -0.294. The maximum atomic E-state index is 13.1. The Labute approximate surface area is 190 Å². The first-order valence-electron chi connectivity index (χ1n) is 10.3. The minimum Gasteiger partial charge on any atom is -0.351 e. The normalized spacial score (nSPS) is 19.9. The first kappa shape index (κ1) is 23.1. The second-order valence-electron chi connectivity index (χ2n) is 7.58. The number of amides is 4. The number of primary amides is 1. The second-order valence-corrected chi connectivity index (χ2v) is 8.42. The highest BCUT2D eigenvalue weighted by Crippen LogP contribution is 2.25. The lowest BCUT2D eigenvalue weighted by molar-refractivity contribution is -0.140. The number of nitrogens with one attached hydrogen (secondary N) is 2. The number of urea groups is 1. The number of hydrogen-bond donors (Lipinski definition) is 3. The van der Waals surface area contributed by atoms with E-state index in [1.165, 1.54) is 6.07 Å². The molecule has 3 rings (SSSR count). The van der Waals surface area contributed by atoms with Crippen molar-refractivity contribution in [2.24, 2.45) is 10.7 Å². The highest BCUT2D eigenvalue weighted by Gasteiger charge is 2.30. The Hall–Kier alpha value is -2.52. The highest BCUT2D eigenvalue weighted by atomic mass is 35.5. The van der Waals surface area contributed by atoms with Crippen LogP contribution in [0, 0.1) is 0 Å². The van der Waals surface area contributed by atoms with Crippen molar-refractivity contribution in [3.05, 3.63) is 28.2 Å². The topological polar surface area (TPSA) is 120 Å². The van der Waals surface area contributed by atoms with E-state index in [-0.39, 0.29) is 24.3 Å². The number of rotatable bonds is 4. The number of benzene rings is 1. The van der Waals surface area contributed by atoms with Gasteiger partial charge >= 0.3 is 6.03 Å². The number of guanidine groups is 1. The Balaban J connectivity index is 1.77. The number of carbonyl (C=O) groups is 3. The van der Waals surface area contributed by atoms with Crippen LogP contribution in [0.5, 0.6) is 0 Å². The van der Waals surface area contributed by atoms with Crippen molar-refractivity contribution in [3.63, 3.8) is 0 Å². The van der Waals surface area contributed by atoms with Gasteiger partial charge in [0, 0.05) is 24.7 Å². The zero-order valence-corrected chi connectivity index (χ0v) is 18.6. The Bertz CT molecular complexity index is 872. The minimum atomic E-state index is -0.835. The molecule has 2 saturated heterocycles. The van der Waals surface area contributed by atoms with Crippen LogP contribution in [0.1, 0.15) is 32.1 Å². The van der Waals surface area contributed by atoms with Gasteiger partial charge in [0.1, 0.15) is 6.04 Å². The van der Waals surface area contributed by atoms with Gasteiger partial charge in [0.15, 0.2) is 0 Å². The van der Waals surface area contributed by atoms with Gasteiger partial charge < -0.3 is 20.9 Å². The van der Waals surface area contributed by atoms with E-state index in [4.69, 9.17) is 28.9 Å². The number of nitrogens with zero attached hydrogens (tertiary/aromatic N) is 3. The first-order valence-corrected chi connectivity index (χ1v) is 11.0. The second kappa shape index (κ2) is 10.7. The number of halogens is 2. The summed E-state index contributed by atoms with van der Waals surface area (Å²) >= 11 is 12.1. The molecule has 4 amide bonds. The van der Waals surface area contributed by atoms with Crippen LogP contribution in [0.4, 0.5) is 10.5 Å². The van der Waals surface area contributed by atoms with Gasteiger partial charge in [-0.1, -0.05) is 23.2 Å². The van der Waals surface area contributed by atoms with E-state index in [2.05, 4.69) is 15.6 Å². The summed E-state index contributed by atoms with van der Waals surface area (Å²) < 4.78 is 0. The fourth-order valence-corrected chi connectivity index (χ4v) is 4.13. The van der Waals surface area contributed by atoms with Crippen molar-refractivity contribution in [2.75, 3.05) is 31.5 Å². The molecule has 168 valence electrons. The fourth-order valence-electron chi connectivity index (χ4n) is 3.68. The van der Waals surface area contributed by atoms with Gasteiger partial charge in [0.2, 0.25) is 17.8 Å². The maximum absolute atomic E-state index is 13.1. The number of hydrogen-bond acceptors (Lipinski definition) is 4. The average molecular weight is 469 g/mol. The SMILES string of the molecule is NC(=O)NC(=NC1CCCCN(CC(=O)N2CCCC2)C1=O)Nc1ccc(Cl)cc1Cl. The Morgan fingerprint density at radius 1 is 1.13 bits per heavy atom. The van der Waals surface area contributed by atoms with E-state index in [1.807, 2.05) is 0 Å². The molecular weight excluding hydrogens is 443 g/mol. The molecule has 31 heavy (non-hydrogen) atoms. The molecule has 2 aliphatic rings. The number of aliphatic imine (C=N–C) groups is 1. The summed E-state index contributed by atoms with van der Waals surface area (Å²) in [6.45, 7) is 2.02. The number of likely N-dealkylation sites (tertiary alicyclic amines) is 2. The Kier molecular flexibility index (Phi) is 7.97. The molecule has 2 fully saturated rings. The van der Waals surface area contributed by atoms with Crippen LogP contribution in [0.2, 0.25) is 10.0 Å². The van der Waals surface area contributed by atoms with Crippen LogP contribution >= 0.6 is 23.2 Å². The van der Waals surface area contributed by atoms with Crippen LogP contribution in [0.3, 0.4) is 0 Å². The van der Waals surface area contributed by atoms with Gasteiger partial charge in [0.05, 0.1) is 17.3 Å². The molecule has 4 N–H and O–H groups in total. The first-order chi connectivity index (χ1) is 14.8. The average Bonchev–Trinajstić information content (AvgIpc) is 3.19. The van der Waals surface area contributed by atoms with Crippen molar-refractivity contribution >= 4 is 52.7 Å². The quantitative estimate of drug-likeness (QED) is 0.463. The molecule has 0 aliphatic carbocycles. The molecule has 2 heterocycles. The standard InChI is InChI=1S/C20H26Cl2N6O3/c21-13-6-7-15(14(22)11-13)24-20(26-19(23)31)25-16-5-1-2-10-28(18(16)30)12-17(29)27-8-3-4-9-27/h6-7,11,16H,1-5,8-10,12H2,(H4,23,24,25,26,31). The van der Waals surface area contributed by atoms with Crippen LogP contribution in [0.25, 0.3) is 0 Å². The molecule has 1 aromatic carbocycles. The minimum absolute atomic E-state index is 0.00259. The van der Waals surface area contributed by atoms with Crippen molar-refractivity contribution in [2.45, 2.75) is 38.1 Å². The Morgan fingerprint density at radius 2 is 1.84 bits per heavy atom.